The fourth-order valence-electron chi connectivity index (χ4n) is 2.03. The Morgan fingerprint density at radius 1 is 1.06 bits per heavy atom. The van der Waals surface area contributed by atoms with Crippen LogP contribution in [0.25, 0.3) is 22.2 Å². The number of imidazole rings is 1. The SMILES string of the molecule is Cc1cncc(-c2ccc3c(c2)ncn3C)c1. The van der Waals surface area contributed by atoms with Crippen LogP contribution in [0, 0.1) is 6.92 Å². The third kappa shape index (κ3) is 1.69. The molecule has 0 amide bonds. The van der Waals surface area contributed by atoms with Gasteiger partial charge in [0.1, 0.15) is 0 Å². The Morgan fingerprint density at radius 2 is 1.94 bits per heavy atom. The minimum Gasteiger partial charge on any atom is -0.334 e. The van der Waals surface area contributed by atoms with Gasteiger partial charge in [-0.2, -0.15) is 0 Å². The average Bonchev–Trinajstić information content (AvgIpc) is 2.71. The summed E-state index contributed by atoms with van der Waals surface area (Å²) in [7, 11) is 2.00. The monoisotopic (exact) mass is 223 g/mol. The van der Waals surface area contributed by atoms with Gasteiger partial charge in [0.25, 0.3) is 0 Å². The van der Waals surface area contributed by atoms with Crippen molar-refractivity contribution >= 4 is 11.0 Å². The zero-order chi connectivity index (χ0) is 11.8. The zero-order valence-electron chi connectivity index (χ0n) is 9.88. The van der Waals surface area contributed by atoms with E-state index in [1.165, 1.54) is 5.56 Å². The summed E-state index contributed by atoms with van der Waals surface area (Å²) in [5, 5.41) is 0. The third-order valence-corrected chi connectivity index (χ3v) is 2.93. The van der Waals surface area contributed by atoms with E-state index in [0.29, 0.717) is 0 Å². The van der Waals surface area contributed by atoms with Gasteiger partial charge in [-0.3, -0.25) is 4.98 Å². The van der Waals surface area contributed by atoms with Gasteiger partial charge >= 0.3 is 0 Å². The van der Waals surface area contributed by atoms with E-state index in [1.807, 2.05) is 30.3 Å². The lowest BCUT2D eigenvalue weighted by atomic mass is 10.1. The van der Waals surface area contributed by atoms with Gasteiger partial charge in [0.2, 0.25) is 0 Å². The van der Waals surface area contributed by atoms with Gasteiger partial charge in [-0.25, -0.2) is 4.98 Å². The molecule has 0 aliphatic carbocycles. The van der Waals surface area contributed by atoms with Crippen LogP contribution < -0.4 is 0 Å². The number of fused-ring (bicyclic) bond motifs is 1. The molecule has 0 atom stereocenters. The van der Waals surface area contributed by atoms with Crippen molar-refractivity contribution in [1.82, 2.24) is 14.5 Å². The molecular weight excluding hydrogens is 210 g/mol. The Bertz CT molecular complexity index is 683. The number of aryl methyl sites for hydroxylation is 2. The number of benzene rings is 1. The Kier molecular flexibility index (Phi) is 2.18. The lowest BCUT2D eigenvalue weighted by Gasteiger charge is -2.02. The summed E-state index contributed by atoms with van der Waals surface area (Å²) in [6.07, 6.45) is 5.59. The van der Waals surface area contributed by atoms with E-state index in [-0.39, 0.29) is 0 Å². The van der Waals surface area contributed by atoms with Crippen LogP contribution in [0.15, 0.2) is 43.0 Å². The fourth-order valence-corrected chi connectivity index (χ4v) is 2.03. The van der Waals surface area contributed by atoms with Gasteiger partial charge in [-0.15, -0.1) is 0 Å². The number of hydrogen-bond acceptors (Lipinski definition) is 2. The number of aromatic nitrogens is 3. The quantitative estimate of drug-likeness (QED) is 0.635. The van der Waals surface area contributed by atoms with Gasteiger partial charge in [-0.1, -0.05) is 6.07 Å². The van der Waals surface area contributed by atoms with Gasteiger partial charge in [0.05, 0.1) is 17.4 Å². The van der Waals surface area contributed by atoms with Crippen LogP contribution >= 0.6 is 0 Å². The van der Waals surface area contributed by atoms with E-state index in [0.717, 1.165) is 22.2 Å². The summed E-state index contributed by atoms with van der Waals surface area (Å²) in [5.41, 5.74) is 5.63. The van der Waals surface area contributed by atoms with Crippen molar-refractivity contribution in [3.63, 3.8) is 0 Å². The van der Waals surface area contributed by atoms with Crippen LogP contribution in [0.1, 0.15) is 5.56 Å². The molecule has 0 bridgehead atoms. The molecule has 1 aromatic carbocycles. The molecule has 2 heterocycles. The Balaban J connectivity index is 2.18. The molecule has 0 spiro atoms. The van der Waals surface area contributed by atoms with Crippen LogP contribution in [0.4, 0.5) is 0 Å². The maximum atomic E-state index is 4.37. The number of hydrogen-bond donors (Lipinski definition) is 0. The van der Waals surface area contributed by atoms with E-state index in [4.69, 9.17) is 0 Å². The average molecular weight is 223 g/mol. The lowest BCUT2D eigenvalue weighted by Crippen LogP contribution is -1.85. The second-order valence-corrected chi connectivity index (χ2v) is 4.31. The molecule has 2 aromatic heterocycles. The maximum absolute atomic E-state index is 4.37. The predicted octanol–water partition coefficient (Wildman–Crippen LogP) is 2.94. The van der Waals surface area contributed by atoms with Crippen molar-refractivity contribution in [2.45, 2.75) is 6.92 Å². The Hall–Kier alpha value is -2.16. The van der Waals surface area contributed by atoms with Crippen molar-refractivity contribution in [2.24, 2.45) is 7.05 Å². The van der Waals surface area contributed by atoms with Crippen molar-refractivity contribution in [2.75, 3.05) is 0 Å². The molecular formula is C14H13N3. The van der Waals surface area contributed by atoms with Gasteiger partial charge in [-0.05, 0) is 36.2 Å². The summed E-state index contributed by atoms with van der Waals surface area (Å²) >= 11 is 0. The van der Waals surface area contributed by atoms with Crippen molar-refractivity contribution < 1.29 is 0 Å². The van der Waals surface area contributed by atoms with Crippen LogP contribution in [0.2, 0.25) is 0 Å². The zero-order valence-corrected chi connectivity index (χ0v) is 9.88. The largest absolute Gasteiger partial charge is 0.334 e. The first-order chi connectivity index (χ1) is 8.24. The highest BCUT2D eigenvalue weighted by molar-refractivity contribution is 5.81. The summed E-state index contributed by atoms with van der Waals surface area (Å²) in [6.45, 7) is 2.05. The van der Waals surface area contributed by atoms with E-state index in [1.54, 1.807) is 0 Å². The standard InChI is InChI=1S/C14H13N3/c1-10-5-12(8-15-7-10)11-3-4-14-13(6-11)16-9-17(14)2/h3-9H,1-2H3. The van der Waals surface area contributed by atoms with Crippen LogP contribution in [0.5, 0.6) is 0 Å². The molecule has 0 aliphatic heterocycles. The normalized spacial score (nSPS) is 10.9. The number of rotatable bonds is 1. The minimum absolute atomic E-state index is 1.02. The Morgan fingerprint density at radius 3 is 2.76 bits per heavy atom. The summed E-state index contributed by atoms with van der Waals surface area (Å²) in [5.74, 6) is 0. The minimum atomic E-state index is 1.02. The lowest BCUT2D eigenvalue weighted by molar-refractivity contribution is 0.948. The highest BCUT2D eigenvalue weighted by atomic mass is 15.0. The van der Waals surface area contributed by atoms with Crippen LogP contribution in [-0.2, 0) is 7.05 Å². The highest BCUT2D eigenvalue weighted by Crippen LogP contribution is 2.23. The van der Waals surface area contributed by atoms with Crippen molar-refractivity contribution in [3.05, 3.63) is 48.5 Å². The topological polar surface area (TPSA) is 30.7 Å². The fraction of sp³-hybridized carbons (Fsp3) is 0.143. The molecule has 0 fully saturated rings. The van der Waals surface area contributed by atoms with Gasteiger partial charge in [0, 0.05) is 25.0 Å². The van der Waals surface area contributed by atoms with Crippen LogP contribution in [-0.4, -0.2) is 14.5 Å². The van der Waals surface area contributed by atoms with Crippen LogP contribution in [0.3, 0.4) is 0 Å². The van der Waals surface area contributed by atoms with E-state index in [9.17, 15) is 0 Å². The second-order valence-electron chi connectivity index (χ2n) is 4.31. The highest BCUT2D eigenvalue weighted by Gasteiger charge is 2.03. The van der Waals surface area contributed by atoms with E-state index >= 15 is 0 Å². The molecule has 0 radical (unpaired) electrons. The summed E-state index contributed by atoms with van der Waals surface area (Å²) in [6, 6.07) is 8.45. The molecule has 0 N–H and O–H groups in total. The van der Waals surface area contributed by atoms with E-state index in [2.05, 4.69) is 41.2 Å². The van der Waals surface area contributed by atoms with Gasteiger partial charge in [0.15, 0.2) is 0 Å². The molecule has 84 valence electrons. The molecule has 3 aromatic rings. The van der Waals surface area contributed by atoms with Crippen molar-refractivity contribution in [3.8, 4) is 11.1 Å². The van der Waals surface area contributed by atoms with E-state index < -0.39 is 0 Å². The number of pyridine rings is 1. The molecule has 3 nitrogen and oxygen atoms in total. The summed E-state index contributed by atoms with van der Waals surface area (Å²) < 4.78 is 2.02. The third-order valence-electron chi connectivity index (χ3n) is 2.93. The molecule has 17 heavy (non-hydrogen) atoms. The molecule has 3 heteroatoms. The first-order valence-electron chi connectivity index (χ1n) is 5.57. The maximum Gasteiger partial charge on any atom is 0.0955 e. The number of nitrogens with zero attached hydrogens (tertiary/aromatic N) is 3. The molecule has 0 saturated carbocycles. The second kappa shape index (κ2) is 3.70. The smallest absolute Gasteiger partial charge is 0.0955 e. The Labute approximate surface area is 99.8 Å². The first kappa shape index (κ1) is 10.0. The molecule has 0 aliphatic rings. The molecule has 0 saturated heterocycles. The summed E-state index contributed by atoms with van der Waals surface area (Å²) in [4.78, 5) is 8.59. The van der Waals surface area contributed by atoms with Crippen molar-refractivity contribution in [1.29, 1.82) is 0 Å². The first-order valence-corrected chi connectivity index (χ1v) is 5.57. The molecule has 0 unspecified atom stereocenters. The predicted molar refractivity (Wildman–Crippen MR) is 68.7 cm³/mol. The van der Waals surface area contributed by atoms with Gasteiger partial charge < -0.3 is 4.57 Å². The molecule has 3 rings (SSSR count).